The Morgan fingerprint density at radius 3 is 2.69 bits per heavy atom. The molecule has 0 amide bonds. The van der Waals surface area contributed by atoms with Gasteiger partial charge in [0, 0.05) is 17.6 Å². The summed E-state index contributed by atoms with van der Waals surface area (Å²) in [6.07, 6.45) is 1.67. The normalized spacial score (nSPS) is 10.2. The van der Waals surface area contributed by atoms with Crippen molar-refractivity contribution >= 4 is 16.6 Å². The number of nitrogens with two attached hydrogens (primary N) is 1. The predicted molar refractivity (Wildman–Crippen MR) is 62.7 cm³/mol. The number of hydrazine groups is 1. The summed E-state index contributed by atoms with van der Waals surface area (Å²) in [5, 5.41) is 0.862. The molecule has 0 bridgehead atoms. The van der Waals surface area contributed by atoms with E-state index in [9.17, 15) is 0 Å². The molecule has 0 saturated heterocycles. The number of methoxy groups -OCH3 is 2. The number of nitrogen functional groups attached to an aromatic ring is 1. The minimum absolute atomic E-state index is 0.659. The number of nitrogens with one attached hydrogen (secondary N) is 1. The second-order valence-corrected chi connectivity index (χ2v) is 3.23. The van der Waals surface area contributed by atoms with Gasteiger partial charge in [-0.3, -0.25) is 10.8 Å². The fourth-order valence-electron chi connectivity index (χ4n) is 1.60. The Labute approximate surface area is 93.1 Å². The number of pyridine rings is 1. The van der Waals surface area contributed by atoms with Gasteiger partial charge >= 0.3 is 0 Å². The van der Waals surface area contributed by atoms with Crippen molar-refractivity contribution < 1.29 is 9.47 Å². The van der Waals surface area contributed by atoms with Crippen molar-refractivity contribution in [1.82, 2.24) is 4.98 Å². The molecule has 5 nitrogen and oxygen atoms in total. The highest BCUT2D eigenvalue weighted by atomic mass is 16.5. The molecule has 0 unspecified atom stereocenters. The second kappa shape index (κ2) is 4.24. The van der Waals surface area contributed by atoms with Gasteiger partial charge in [-0.2, -0.15) is 0 Å². The van der Waals surface area contributed by atoms with Crippen molar-refractivity contribution in [2.45, 2.75) is 0 Å². The Morgan fingerprint density at radius 2 is 2.06 bits per heavy atom. The molecule has 2 aromatic rings. The maximum Gasteiger partial charge on any atom is 0.148 e. The van der Waals surface area contributed by atoms with Crippen LogP contribution in [0, 0.1) is 0 Å². The molecular formula is C11H13N3O2. The lowest BCUT2D eigenvalue weighted by atomic mass is 10.1. The molecule has 0 aliphatic heterocycles. The van der Waals surface area contributed by atoms with Crippen molar-refractivity contribution in [2.75, 3.05) is 19.6 Å². The Morgan fingerprint density at radius 1 is 1.25 bits per heavy atom. The Bertz CT molecular complexity index is 514. The molecule has 1 aromatic heterocycles. The van der Waals surface area contributed by atoms with E-state index in [0.717, 1.165) is 16.6 Å². The van der Waals surface area contributed by atoms with Crippen LogP contribution in [0.4, 0.5) is 5.69 Å². The van der Waals surface area contributed by atoms with Crippen molar-refractivity contribution in [2.24, 2.45) is 5.84 Å². The number of hydrogen-bond donors (Lipinski definition) is 2. The van der Waals surface area contributed by atoms with Crippen LogP contribution in [0.1, 0.15) is 0 Å². The lowest BCUT2D eigenvalue weighted by molar-refractivity contribution is 0.397. The Hall–Kier alpha value is -2.01. The minimum atomic E-state index is 0.659. The van der Waals surface area contributed by atoms with Gasteiger partial charge in [0.25, 0.3) is 0 Å². The monoisotopic (exact) mass is 219 g/mol. The third-order valence-corrected chi connectivity index (χ3v) is 2.39. The van der Waals surface area contributed by atoms with Crippen LogP contribution in [0.15, 0.2) is 24.4 Å². The quantitative estimate of drug-likeness (QED) is 0.605. The molecule has 1 heterocycles. The SMILES string of the molecule is COc1cc(OC)c2nccc(NN)c2c1. The van der Waals surface area contributed by atoms with Crippen molar-refractivity contribution in [3.05, 3.63) is 24.4 Å². The van der Waals surface area contributed by atoms with Crippen LogP contribution >= 0.6 is 0 Å². The smallest absolute Gasteiger partial charge is 0.148 e. The van der Waals surface area contributed by atoms with E-state index >= 15 is 0 Å². The highest BCUT2D eigenvalue weighted by Crippen LogP contribution is 2.33. The minimum Gasteiger partial charge on any atom is -0.497 e. The Kier molecular flexibility index (Phi) is 2.78. The first-order valence-electron chi connectivity index (χ1n) is 4.77. The molecule has 3 N–H and O–H groups in total. The first-order chi connectivity index (χ1) is 7.80. The molecule has 5 heteroatoms. The number of nitrogens with zero attached hydrogens (tertiary/aromatic N) is 1. The van der Waals surface area contributed by atoms with Gasteiger partial charge in [0.1, 0.15) is 17.0 Å². The third kappa shape index (κ3) is 1.61. The maximum atomic E-state index is 5.44. The van der Waals surface area contributed by atoms with Gasteiger partial charge in [-0.15, -0.1) is 0 Å². The van der Waals surface area contributed by atoms with Gasteiger partial charge in [-0.1, -0.05) is 0 Å². The summed E-state index contributed by atoms with van der Waals surface area (Å²) in [4.78, 5) is 4.26. The lowest BCUT2D eigenvalue weighted by Crippen LogP contribution is -2.07. The number of benzene rings is 1. The van der Waals surface area contributed by atoms with Crippen LogP contribution < -0.4 is 20.7 Å². The molecule has 1 aromatic carbocycles. The highest BCUT2D eigenvalue weighted by Gasteiger charge is 2.09. The molecule has 0 spiro atoms. The van der Waals surface area contributed by atoms with Crippen LogP contribution in [0.2, 0.25) is 0 Å². The molecule has 84 valence electrons. The van der Waals surface area contributed by atoms with E-state index in [4.69, 9.17) is 15.3 Å². The number of anilines is 1. The average Bonchev–Trinajstić information content (AvgIpc) is 2.36. The van der Waals surface area contributed by atoms with Gasteiger partial charge in [0.15, 0.2) is 0 Å². The summed E-state index contributed by atoms with van der Waals surface area (Å²) < 4.78 is 10.4. The first kappa shape index (κ1) is 10.5. The summed E-state index contributed by atoms with van der Waals surface area (Å²) in [5.41, 5.74) is 4.15. The largest absolute Gasteiger partial charge is 0.497 e. The van der Waals surface area contributed by atoms with Gasteiger partial charge in [-0.05, 0) is 12.1 Å². The summed E-state index contributed by atoms with van der Waals surface area (Å²) >= 11 is 0. The van der Waals surface area contributed by atoms with Gasteiger partial charge < -0.3 is 14.9 Å². The summed E-state index contributed by atoms with van der Waals surface area (Å²) in [6, 6.07) is 5.44. The van der Waals surface area contributed by atoms with Gasteiger partial charge in [0.05, 0.1) is 19.9 Å². The number of rotatable bonds is 3. The maximum absolute atomic E-state index is 5.44. The van der Waals surface area contributed by atoms with Crippen LogP contribution in [-0.2, 0) is 0 Å². The molecule has 2 rings (SSSR count). The topological polar surface area (TPSA) is 69.4 Å². The molecule has 16 heavy (non-hydrogen) atoms. The fraction of sp³-hybridized carbons (Fsp3) is 0.182. The lowest BCUT2D eigenvalue weighted by Gasteiger charge is -2.10. The summed E-state index contributed by atoms with van der Waals surface area (Å²) in [5.74, 6) is 6.80. The first-order valence-corrected chi connectivity index (χ1v) is 4.77. The van der Waals surface area contributed by atoms with E-state index in [-0.39, 0.29) is 0 Å². The molecular weight excluding hydrogens is 206 g/mol. The zero-order chi connectivity index (χ0) is 11.5. The molecule has 0 aliphatic rings. The zero-order valence-electron chi connectivity index (χ0n) is 9.15. The van der Waals surface area contributed by atoms with E-state index in [0.29, 0.717) is 11.5 Å². The predicted octanol–water partition coefficient (Wildman–Crippen LogP) is 1.54. The summed E-state index contributed by atoms with van der Waals surface area (Å²) in [7, 11) is 3.20. The van der Waals surface area contributed by atoms with E-state index in [1.807, 2.05) is 6.07 Å². The van der Waals surface area contributed by atoms with Gasteiger partial charge in [-0.25, -0.2) is 0 Å². The van der Waals surface area contributed by atoms with Crippen molar-refractivity contribution in [3.63, 3.8) is 0 Å². The zero-order valence-corrected chi connectivity index (χ0v) is 9.15. The van der Waals surface area contributed by atoms with Crippen LogP contribution in [0.25, 0.3) is 10.9 Å². The van der Waals surface area contributed by atoms with Crippen LogP contribution in [-0.4, -0.2) is 19.2 Å². The summed E-state index contributed by atoms with van der Waals surface area (Å²) in [6.45, 7) is 0. The number of hydrogen-bond acceptors (Lipinski definition) is 5. The average molecular weight is 219 g/mol. The standard InChI is InChI=1S/C11H13N3O2/c1-15-7-5-8-9(14-12)3-4-13-11(8)10(6-7)16-2/h3-6H,12H2,1-2H3,(H,13,14). The van der Waals surface area contributed by atoms with E-state index in [2.05, 4.69) is 10.4 Å². The molecule has 0 saturated carbocycles. The molecule has 0 fully saturated rings. The molecule has 0 aliphatic carbocycles. The second-order valence-electron chi connectivity index (χ2n) is 3.23. The van der Waals surface area contributed by atoms with Crippen molar-refractivity contribution in [1.29, 1.82) is 0 Å². The third-order valence-electron chi connectivity index (χ3n) is 2.39. The van der Waals surface area contributed by atoms with E-state index in [1.54, 1.807) is 32.5 Å². The Balaban J connectivity index is 2.78. The fourth-order valence-corrected chi connectivity index (χ4v) is 1.60. The number of ether oxygens (including phenoxy) is 2. The van der Waals surface area contributed by atoms with E-state index in [1.165, 1.54) is 0 Å². The molecule has 0 atom stereocenters. The van der Waals surface area contributed by atoms with Crippen molar-refractivity contribution in [3.8, 4) is 11.5 Å². The number of fused-ring (bicyclic) bond motifs is 1. The van der Waals surface area contributed by atoms with E-state index < -0.39 is 0 Å². The van der Waals surface area contributed by atoms with Gasteiger partial charge in [0.2, 0.25) is 0 Å². The van der Waals surface area contributed by atoms with Crippen LogP contribution in [0.3, 0.4) is 0 Å². The highest BCUT2D eigenvalue weighted by molar-refractivity contribution is 5.95. The van der Waals surface area contributed by atoms with Crippen LogP contribution in [0.5, 0.6) is 11.5 Å². The molecule has 0 radical (unpaired) electrons. The number of aromatic nitrogens is 1.